The van der Waals surface area contributed by atoms with E-state index in [4.69, 9.17) is 15.0 Å². The largest absolute Gasteiger partial charge is 0.208 e. The average Bonchev–Trinajstić information content (AvgIpc) is 3.34. The molecule has 0 saturated carbocycles. The van der Waals surface area contributed by atoms with Crippen LogP contribution in [0, 0.1) is 0 Å². The highest BCUT2D eigenvalue weighted by molar-refractivity contribution is 5.85. The Kier molecular flexibility index (Phi) is 6.46. The van der Waals surface area contributed by atoms with Crippen LogP contribution in [0.4, 0.5) is 0 Å². The maximum atomic E-state index is 4.89. The number of fused-ring (bicyclic) bond motifs is 3. The van der Waals surface area contributed by atoms with Gasteiger partial charge in [0.05, 0.1) is 0 Å². The third-order valence-corrected chi connectivity index (χ3v) is 8.96. The van der Waals surface area contributed by atoms with Gasteiger partial charge >= 0.3 is 0 Å². The Morgan fingerprint density at radius 1 is 0.333 bits per heavy atom. The lowest BCUT2D eigenvalue weighted by Gasteiger charge is -2.21. The zero-order chi connectivity index (χ0) is 30.4. The van der Waals surface area contributed by atoms with Crippen LogP contribution in [0.1, 0.15) is 25.0 Å². The van der Waals surface area contributed by atoms with E-state index in [0.29, 0.717) is 17.5 Å². The number of rotatable bonds is 5. The molecule has 0 amide bonds. The molecule has 6 aromatic carbocycles. The molecular weight excluding hydrogens is 546 g/mol. The third-order valence-electron chi connectivity index (χ3n) is 8.96. The highest BCUT2D eigenvalue weighted by Gasteiger charge is 2.35. The van der Waals surface area contributed by atoms with E-state index in [-0.39, 0.29) is 5.41 Å². The van der Waals surface area contributed by atoms with Crippen LogP contribution >= 0.6 is 0 Å². The minimum atomic E-state index is 0.0102. The molecule has 3 nitrogen and oxygen atoms in total. The molecule has 1 aromatic heterocycles. The van der Waals surface area contributed by atoms with Crippen LogP contribution in [-0.4, -0.2) is 15.0 Å². The number of aromatic nitrogens is 3. The van der Waals surface area contributed by atoms with Gasteiger partial charge in [0.2, 0.25) is 0 Å². The van der Waals surface area contributed by atoms with Crippen molar-refractivity contribution in [3.8, 4) is 67.5 Å². The van der Waals surface area contributed by atoms with Gasteiger partial charge in [0, 0.05) is 22.1 Å². The standard InChI is InChI=1S/C42H31N3/c1-42(2)37-19-10-9-18-35(37)36-27-34(24-25-38(36)42)33-17-11-16-32(26-33)28-20-22-31(23-21-28)41-44-39(29-12-5-3-6-13-29)43-40(45-41)30-14-7-4-8-15-30/h3-27H,1-2H3. The summed E-state index contributed by atoms with van der Waals surface area (Å²) in [4.78, 5) is 14.6. The molecule has 0 unspecified atom stereocenters. The fourth-order valence-electron chi connectivity index (χ4n) is 6.53. The quantitative estimate of drug-likeness (QED) is 0.204. The van der Waals surface area contributed by atoms with Crippen molar-refractivity contribution in [2.45, 2.75) is 19.3 Å². The normalized spacial score (nSPS) is 12.8. The van der Waals surface area contributed by atoms with Crippen LogP contribution in [0.3, 0.4) is 0 Å². The van der Waals surface area contributed by atoms with Crippen LogP contribution in [0.2, 0.25) is 0 Å². The fourth-order valence-corrected chi connectivity index (χ4v) is 6.53. The fraction of sp³-hybridized carbons (Fsp3) is 0.0714. The molecule has 0 spiro atoms. The molecule has 0 bridgehead atoms. The Morgan fingerprint density at radius 3 is 1.38 bits per heavy atom. The van der Waals surface area contributed by atoms with Gasteiger partial charge in [-0.05, 0) is 56.6 Å². The Labute approximate surface area is 264 Å². The highest BCUT2D eigenvalue weighted by atomic mass is 15.0. The lowest BCUT2D eigenvalue weighted by Crippen LogP contribution is -2.14. The topological polar surface area (TPSA) is 38.7 Å². The zero-order valence-corrected chi connectivity index (χ0v) is 25.3. The molecule has 0 radical (unpaired) electrons. The number of benzene rings is 6. The van der Waals surface area contributed by atoms with Crippen LogP contribution in [-0.2, 0) is 5.41 Å². The molecule has 0 N–H and O–H groups in total. The van der Waals surface area contributed by atoms with Crippen molar-refractivity contribution in [3.63, 3.8) is 0 Å². The van der Waals surface area contributed by atoms with Crippen LogP contribution in [0.15, 0.2) is 152 Å². The lowest BCUT2D eigenvalue weighted by molar-refractivity contribution is 0.660. The molecule has 1 heterocycles. The number of hydrogen-bond acceptors (Lipinski definition) is 3. The average molecular weight is 578 g/mol. The predicted octanol–water partition coefficient (Wildman–Crippen LogP) is 10.5. The summed E-state index contributed by atoms with van der Waals surface area (Å²) in [6.07, 6.45) is 0. The summed E-state index contributed by atoms with van der Waals surface area (Å²) in [5, 5.41) is 0. The Hall–Kier alpha value is -5.67. The van der Waals surface area contributed by atoms with Gasteiger partial charge in [-0.15, -0.1) is 0 Å². The third kappa shape index (κ3) is 4.83. The summed E-state index contributed by atoms with van der Waals surface area (Å²) in [7, 11) is 0. The number of hydrogen-bond donors (Lipinski definition) is 0. The molecular formula is C42H31N3. The van der Waals surface area contributed by atoms with Crippen molar-refractivity contribution in [2.75, 3.05) is 0 Å². The second-order valence-corrected chi connectivity index (χ2v) is 12.1. The molecule has 0 aliphatic heterocycles. The molecule has 0 atom stereocenters. The minimum absolute atomic E-state index is 0.0102. The summed E-state index contributed by atoms with van der Waals surface area (Å²) in [6, 6.07) is 53.2. The van der Waals surface area contributed by atoms with Gasteiger partial charge in [0.25, 0.3) is 0 Å². The predicted molar refractivity (Wildman–Crippen MR) is 185 cm³/mol. The van der Waals surface area contributed by atoms with E-state index in [0.717, 1.165) is 22.3 Å². The Morgan fingerprint density at radius 2 is 0.756 bits per heavy atom. The van der Waals surface area contributed by atoms with Crippen molar-refractivity contribution in [3.05, 3.63) is 163 Å². The summed E-state index contributed by atoms with van der Waals surface area (Å²) in [6.45, 7) is 4.65. The van der Waals surface area contributed by atoms with E-state index in [1.807, 2.05) is 60.7 Å². The Bertz CT molecular complexity index is 2110. The van der Waals surface area contributed by atoms with Gasteiger partial charge in [-0.3, -0.25) is 0 Å². The second kappa shape index (κ2) is 10.8. The first-order chi connectivity index (χ1) is 22.0. The van der Waals surface area contributed by atoms with Gasteiger partial charge < -0.3 is 0 Å². The molecule has 3 heteroatoms. The molecule has 0 saturated heterocycles. The summed E-state index contributed by atoms with van der Waals surface area (Å²) < 4.78 is 0. The SMILES string of the molecule is CC1(C)c2ccccc2-c2cc(-c3cccc(-c4ccc(-c5nc(-c6ccccc6)nc(-c6ccccc6)n5)cc4)c3)ccc21. The zero-order valence-electron chi connectivity index (χ0n) is 25.3. The minimum Gasteiger partial charge on any atom is -0.208 e. The summed E-state index contributed by atoms with van der Waals surface area (Å²) in [5.41, 5.74) is 13.1. The van der Waals surface area contributed by atoms with Gasteiger partial charge in [-0.25, -0.2) is 15.0 Å². The van der Waals surface area contributed by atoms with Crippen molar-refractivity contribution < 1.29 is 0 Å². The van der Waals surface area contributed by atoms with Crippen molar-refractivity contribution in [1.29, 1.82) is 0 Å². The first-order valence-corrected chi connectivity index (χ1v) is 15.4. The maximum absolute atomic E-state index is 4.89. The maximum Gasteiger partial charge on any atom is 0.164 e. The first kappa shape index (κ1) is 26.9. The van der Waals surface area contributed by atoms with Crippen LogP contribution in [0.25, 0.3) is 67.5 Å². The smallest absolute Gasteiger partial charge is 0.164 e. The second-order valence-electron chi connectivity index (χ2n) is 12.1. The van der Waals surface area contributed by atoms with Gasteiger partial charge in [0.1, 0.15) is 0 Å². The summed E-state index contributed by atoms with van der Waals surface area (Å²) in [5.74, 6) is 1.98. The highest BCUT2D eigenvalue weighted by Crippen LogP contribution is 2.49. The van der Waals surface area contributed by atoms with E-state index < -0.39 is 0 Å². The van der Waals surface area contributed by atoms with Crippen molar-refractivity contribution >= 4 is 0 Å². The number of nitrogens with zero attached hydrogens (tertiary/aromatic N) is 3. The van der Waals surface area contributed by atoms with E-state index in [1.54, 1.807) is 0 Å². The molecule has 214 valence electrons. The van der Waals surface area contributed by atoms with E-state index in [1.165, 1.54) is 38.9 Å². The molecule has 45 heavy (non-hydrogen) atoms. The van der Waals surface area contributed by atoms with Gasteiger partial charge in [-0.1, -0.05) is 153 Å². The lowest BCUT2D eigenvalue weighted by atomic mass is 9.82. The van der Waals surface area contributed by atoms with Crippen LogP contribution in [0.5, 0.6) is 0 Å². The summed E-state index contributed by atoms with van der Waals surface area (Å²) >= 11 is 0. The molecule has 8 rings (SSSR count). The van der Waals surface area contributed by atoms with E-state index in [2.05, 4.69) is 105 Å². The van der Waals surface area contributed by atoms with E-state index >= 15 is 0 Å². The van der Waals surface area contributed by atoms with Crippen molar-refractivity contribution in [1.82, 2.24) is 15.0 Å². The van der Waals surface area contributed by atoms with Crippen LogP contribution < -0.4 is 0 Å². The van der Waals surface area contributed by atoms with E-state index in [9.17, 15) is 0 Å². The molecule has 1 aliphatic carbocycles. The van der Waals surface area contributed by atoms with Gasteiger partial charge in [0.15, 0.2) is 17.5 Å². The Balaban J connectivity index is 1.14. The van der Waals surface area contributed by atoms with Gasteiger partial charge in [-0.2, -0.15) is 0 Å². The molecule has 0 fully saturated rings. The molecule has 1 aliphatic rings. The monoisotopic (exact) mass is 577 g/mol. The van der Waals surface area contributed by atoms with Crippen molar-refractivity contribution in [2.24, 2.45) is 0 Å². The molecule has 7 aromatic rings. The first-order valence-electron chi connectivity index (χ1n) is 15.4.